The number of aliphatic hydroxyl groups is 3. The standard InChI is InChI=1S/C15H22O6/c1-7(2)9-5-12(8(3)4-10(9)16)21-15-14(19)13(18)11(17)6-20-15/h4-5,7,11,13-19H,6H2,1-3H3. The van der Waals surface area contributed by atoms with Crippen molar-refractivity contribution in [1.82, 2.24) is 0 Å². The molecule has 0 aromatic heterocycles. The summed E-state index contributed by atoms with van der Waals surface area (Å²) in [5, 5.41) is 38.9. The monoisotopic (exact) mass is 298 g/mol. The maximum atomic E-state index is 9.91. The molecule has 0 aliphatic carbocycles. The molecule has 0 radical (unpaired) electrons. The third kappa shape index (κ3) is 3.29. The lowest BCUT2D eigenvalue weighted by molar-refractivity contribution is -0.242. The first kappa shape index (κ1) is 16.0. The number of rotatable bonds is 3. The van der Waals surface area contributed by atoms with Crippen molar-refractivity contribution >= 4 is 0 Å². The van der Waals surface area contributed by atoms with Crippen molar-refractivity contribution in [3.8, 4) is 11.5 Å². The lowest BCUT2D eigenvalue weighted by atomic mass is 10.00. The third-order valence-corrected chi connectivity index (χ3v) is 3.64. The topological polar surface area (TPSA) is 99.4 Å². The highest BCUT2D eigenvalue weighted by atomic mass is 16.7. The summed E-state index contributed by atoms with van der Waals surface area (Å²) in [6, 6.07) is 3.29. The molecule has 118 valence electrons. The van der Waals surface area contributed by atoms with Crippen molar-refractivity contribution in [3.63, 3.8) is 0 Å². The van der Waals surface area contributed by atoms with E-state index in [1.54, 1.807) is 19.1 Å². The lowest BCUT2D eigenvalue weighted by Crippen LogP contribution is -2.54. The second-order valence-corrected chi connectivity index (χ2v) is 5.70. The van der Waals surface area contributed by atoms with Gasteiger partial charge in [-0.3, -0.25) is 0 Å². The largest absolute Gasteiger partial charge is 0.508 e. The van der Waals surface area contributed by atoms with Gasteiger partial charge in [0.1, 0.15) is 29.8 Å². The minimum Gasteiger partial charge on any atom is -0.508 e. The molecule has 6 heteroatoms. The highest BCUT2D eigenvalue weighted by molar-refractivity contribution is 5.46. The van der Waals surface area contributed by atoms with Gasteiger partial charge in [0.05, 0.1) is 6.61 Å². The molecule has 1 aliphatic heterocycles. The van der Waals surface area contributed by atoms with Crippen molar-refractivity contribution < 1.29 is 29.9 Å². The molecule has 2 rings (SSSR count). The molecule has 1 aromatic rings. The van der Waals surface area contributed by atoms with Gasteiger partial charge in [0.2, 0.25) is 6.29 Å². The minimum absolute atomic E-state index is 0.109. The summed E-state index contributed by atoms with van der Waals surface area (Å²) in [6.45, 7) is 5.54. The Morgan fingerprint density at radius 1 is 1.19 bits per heavy atom. The summed E-state index contributed by atoms with van der Waals surface area (Å²) in [7, 11) is 0. The third-order valence-electron chi connectivity index (χ3n) is 3.64. The predicted octanol–water partition coefficient (Wildman–Crippen LogP) is 0.642. The second-order valence-electron chi connectivity index (χ2n) is 5.70. The Hall–Kier alpha value is -1.34. The Labute approximate surface area is 123 Å². The second kappa shape index (κ2) is 6.19. The number of phenols is 1. The molecule has 21 heavy (non-hydrogen) atoms. The summed E-state index contributed by atoms with van der Waals surface area (Å²) < 4.78 is 10.8. The van der Waals surface area contributed by atoms with Gasteiger partial charge < -0.3 is 29.9 Å². The number of hydrogen-bond acceptors (Lipinski definition) is 6. The van der Waals surface area contributed by atoms with E-state index in [1.807, 2.05) is 13.8 Å². The summed E-state index contributed by atoms with van der Waals surface area (Å²) >= 11 is 0. The Morgan fingerprint density at radius 2 is 1.86 bits per heavy atom. The van der Waals surface area contributed by atoms with Gasteiger partial charge >= 0.3 is 0 Å². The quantitative estimate of drug-likeness (QED) is 0.653. The van der Waals surface area contributed by atoms with Gasteiger partial charge in [-0.15, -0.1) is 0 Å². The first-order valence-corrected chi connectivity index (χ1v) is 6.97. The van der Waals surface area contributed by atoms with E-state index in [-0.39, 0.29) is 18.3 Å². The van der Waals surface area contributed by atoms with Gasteiger partial charge in [0.15, 0.2) is 0 Å². The minimum atomic E-state index is -1.34. The maximum Gasteiger partial charge on any atom is 0.228 e. The van der Waals surface area contributed by atoms with Crippen LogP contribution in [0.4, 0.5) is 0 Å². The Kier molecular flexibility index (Phi) is 4.73. The van der Waals surface area contributed by atoms with Crippen LogP contribution in [-0.4, -0.2) is 51.6 Å². The van der Waals surface area contributed by atoms with Crippen molar-refractivity contribution in [1.29, 1.82) is 0 Å². The van der Waals surface area contributed by atoms with Crippen LogP contribution in [0.5, 0.6) is 11.5 Å². The van der Waals surface area contributed by atoms with Crippen LogP contribution in [0.15, 0.2) is 12.1 Å². The Morgan fingerprint density at radius 3 is 2.48 bits per heavy atom. The number of aromatic hydroxyl groups is 1. The first-order valence-electron chi connectivity index (χ1n) is 6.97. The van der Waals surface area contributed by atoms with E-state index in [9.17, 15) is 20.4 Å². The SMILES string of the molecule is Cc1cc(O)c(C(C)C)cc1OC1OCC(O)C(O)C1O. The highest BCUT2D eigenvalue weighted by Gasteiger charge is 2.39. The van der Waals surface area contributed by atoms with E-state index in [4.69, 9.17) is 9.47 Å². The van der Waals surface area contributed by atoms with E-state index >= 15 is 0 Å². The Balaban J connectivity index is 2.21. The van der Waals surface area contributed by atoms with Crippen molar-refractivity contribution in [2.75, 3.05) is 6.61 Å². The van der Waals surface area contributed by atoms with E-state index < -0.39 is 24.6 Å². The normalized spacial score (nSPS) is 29.7. The number of ether oxygens (including phenoxy) is 2. The fourth-order valence-electron chi connectivity index (χ4n) is 2.29. The van der Waals surface area contributed by atoms with Crippen molar-refractivity contribution in [2.24, 2.45) is 0 Å². The number of benzene rings is 1. The molecular weight excluding hydrogens is 276 g/mol. The molecule has 0 bridgehead atoms. The molecule has 4 unspecified atom stereocenters. The average molecular weight is 298 g/mol. The van der Waals surface area contributed by atoms with Gasteiger partial charge in [-0.25, -0.2) is 0 Å². The molecule has 0 saturated carbocycles. The summed E-state index contributed by atoms with van der Waals surface area (Å²) in [4.78, 5) is 0. The molecule has 6 nitrogen and oxygen atoms in total. The van der Waals surface area contributed by atoms with Crippen LogP contribution in [-0.2, 0) is 4.74 Å². The predicted molar refractivity (Wildman–Crippen MR) is 75.3 cm³/mol. The fourth-order valence-corrected chi connectivity index (χ4v) is 2.29. The molecule has 1 heterocycles. The molecule has 1 aliphatic rings. The number of aryl methyl sites for hydroxylation is 1. The molecule has 4 atom stereocenters. The van der Waals surface area contributed by atoms with E-state index in [1.165, 1.54) is 0 Å². The number of aliphatic hydroxyl groups excluding tert-OH is 3. The highest BCUT2D eigenvalue weighted by Crippen LogP contribution is 2.33. The van der Waals surface area contributed by atoms with Crippen LogP contribution in [0.1, 0.15) is 30.9 Å². The molecule has 0 amide bonds. The van der Waals surface area contributed by atoms with E-state index in [2.05, 4.69) is 0 Å². The lowest BCUT2D eigenvalue weighted by Gasteiger charge is -2.35. The smallest absolute Gasteiger partial charge is 0.228 e. The fraction of sp³-hybridized carbons (Fsp3) is 0.600. The van der Waals surface area contributed by atoms with Crippen molar-refractivity contribution in [3.05, 3.63) is 23.3 Å². The van der Waals surface area contributed by atoms with Crippen LogP contribution in [0.3, 0.4) is 0 Å². The van der Waals surface area contributed by atoms with Crippen LogP contribution in [0.25, 0.3) is 0 Å². The van der Waals surface area contributed by atoms with Gasteiger partial charge in [-0.1, -0.05) is 13.8 Å². The first-order chi connectivity index (χ1) is 9.81. The molecule has 1 fully saturated rings. The number of phenolic OH excluding ortho intramolecular Hbond substituents is 1. The molecule has 1 aromatic carbocycles. The van der Waals surface area contributed by atoms with Crippen LogP contribution in [0, 0.1) is 6.92 Å². The summed E-state index contributed by atoms with van der Waals surface area (Å²) in [6.07, 6.45) is -4.85. The van der Waals surface area contributed by atoms with E-state index in [0.29, 0.717) is 11.3 Å². The Bertz CT molecular complexity index is 501. The molecule has 4 N–H and O–H groups in total. The molecular formula is C15H22O6. The zero-order valence-electron chi connectivity index (χ0n) is 12.4. The van der Waals surface area contributed by atoms with Crippen LogP contribution in [0.2, 0.25) is 0 Å². The average Bonchev–Trinajstić information content (AvgIpc) is 2.41. The van der Waals surface area contributed by atoms with Crippen LogP contribution >= 0.6 is 0 Å². The van der Waals surface area contributed by atoms with Crippen LogP contribution < -0.4 is 4.74 Å². The summed E-state index contributed by atoms with van der Waals surface area (Å²) in [5.41, 5.74) is 1.41. The number of hydrogen-bond donors (Lipinski definition) is 4. The zero-order valence-corrected chi connectivity index (χ0v) is 12.4. The van der Waals surface area contributed by atoms with Gasteiger partial charge in [-0.05, 0) is 30.5 Å². The van der Waals surface area contributed by atoms with Gasteiger partial charge in [0.25, 0.3) is 0 Å². The zero-order chi connectivity index (χ0) is 15.7. The van der Waals surface area contributed by atoms with E-state index in [0.717, 1.165) is 5.56 Å². The summed E-state index contributed by atoms with van der Waals surface area (Å²) in [5.74, 6) is 0.761. The van der Waals surface area contributed by atoms with Crippen molar-refractivity contribution in [2.45, 2.75) is 51.3 Å². The molecule has 1 saturated heterocycles. The van der Waals surface area contributed by atoms with Gasteiger partial charge in [-0.2, -0.15) is 0 Å². The molecule has 0 spiro atoms. The van der Waals surface area contributed by atoms with Gasteiger partial charge in [0, 0.05) is 5.56 Å². The maximum absolute atomic E-state index is 9.91.